The van der Waals surface area contributed by atoms with Gasteiger partial charge < -0.3 is 4.74 Å². The molecular formula is C28H46N2OSi. The van der Waals surface area contributed by atoms with Crippen molar-refractivity contribution in [1.82, 2.24) is 9.97 Å². The number of benzene rings is 1. The van der Waals surface area contributed by atoms with Crippen LogP contribution in [0.5, 0.6) is 5.75 Å². The van der Waals surface area contributed by atoms with E-state index in [-0.39, 0.29) is 0 Å². The predicted molar refractivity (Wildman–Crippen MR) is 141 cm³/mol. The third kappa shape index (κ3) is 10.8. The summed E-state index contributed by atoms with van der Waals surface area (Å²) in [4.78, 5) is 9.18. The predicted octanol–water partition coefficient (Wildman–Crippen LogP) is 8.71. The number of hydrogen-bond donors (Lipinski definition) is 0. The second kappa shape index (κ2) is 15.2. The Kier molecular flexibility index (Phi) is 12.6. The summed E-state index contributed by atoms with van der Waals surface area (Å²) in [6.45, 7) is 10.4. The molecule has 32 heavy (non-hydrogen) atoms. The molecule has 0 aliphatic rings. The largest absolute Gasteiger partial charge is 0.494 e. The molecule has 0 amide bonds. The molecule has 2 rings (SSSR count). The number of ether oxygens (including phenoxy) is 1. The average molecular weight is 455 g/mol. The molecule has 2 aromatic rings. The van der Waals surface area contributed by atoms with Crippen molar-refractivity contribution in [3.63, 3.8) is 0 Å². The van der Waals surface area contributed by atoms with Crippen LogP contribution in [-0.2, 0) is 6.42 Å². The number of nitrogens with zero attached hydrogens (tertiary/aromatic N) is 2. The van der Waals surface area contributed by atoms with Gasteiger partial charge in [0.05, 0.1) is 6.61 Å². The highest BCUT2D eigenvalue weighted by Crippen LogP contribution is 2.22. The van der Waals surface area contributed by atoms with Crippen molar-refractivity contribution >= 4 is 8.07 Å². The molecule has 3 nitrogen and oxygen atoms in total. The minimum absolute atomic E-state index is 0.794. The molecule has 0 saturated carbocycles. The van der Waals surface area contributed by atoms with Crippen molar-refractivity contribution in [2.75, 3.05) is 6.61 Å². The van der Waals surface area contributed by atoms with Gasteiger partial charge in [-0.15, -0.1) is 0 Å². The van der Waals surface area contributed by atoms with Gasteiger partial charge in [-0.3, -0.25) is 0 Å². The van der Waals surface area contributed by atoms with Crippen molar-refractivity contribution in [3.8, 4) is 17.1 Å². The van der Waals surface area contributed by atoms with Crippen molar-refractivity contribution in [2.24, 2.45) is 0 Å². The van der Waals surface area contributed by atoms with E-state index in [4.69, 9.17) is 4.74 Å². The van der Waals surface area contributed by atoms with Gasteiger partial charge in [-0.05, 0) is 49.1 Å². The van der Waals surface area contributed by atoms with Crippen LogP contribution in [0.4, 0.5) is 0 Å². The van der Waals surface area contributed by atoms with Crippen molar-refractivity contribution in [3.05, 3.63) is 42.2 Å². The summed E-state index contributed by atoms with van der Waals surface area (Å²) in [6.07, 6.45) is 18.1. The third-order valence-corrected chi connectivity index (χ3v) is 9.77. The second-order valence-electron chi connectivity index (χ2n) is 10.0. The number of aryl methyl sites for hydroxylation is 1. The van der Waals surface area contributed by atoms with Crippen molar-refractivity contribution in [1.29, 1.82) is 0 Å². The molecule has 0 radical (unpaired) electrons. The number of hydrogen-bond acceptors (Lipinski definition) is 3. The van der Waals surface area contributed by atoms with E-state index in [0.717, 1.165) is 36.6 Å². The lowest BCUT2D eigenvalue weighted by molar-refractivity contribution is 0.309. The van der Waals surface area contributed by atoms with E-state index in [1.165, 1.54) is 75.4 Å². The van der Waals surface area contributed by atoms with E-state index in [1.54, 1.807) is 0 Å². The van der Waals surface area contributed by atoms with Crippen LogP contribution in [0.25, 0.3) is 11.4 Å². The molecule has 1 heterocycles. The Hall–Kier alpha value is -1.68. The fraction of sp³-hybridized carbons (Fsp3) is 0.643. The Balaban J connectivity index is 1.68. The van der Waals surface area contributed by atoms with E-state index in [2.05, 4.69) is 49.0 Å². The van der Waals surface area contributed by atoms with E-state index < -0.39 is 8.07 Å². The maximum Gasteiger partial charge on any atom is 0.159 e. The number of aromatic nitrogens is 2. The summed E-state index contributed by atoms with van der Waals surface area (Å²) in [7, 11) is -0.987. The van der Waals surface area contributed by atoms with Gasteiger partial charge in [0.1, 0.15) is 5.75 Å². The Morgan fingerprint density at radius 1 is 0.719 bits per heavy atom. The summed E-state index contributed by atoms with van der Waals surface area (Å²) >= 11 is 0. The Labute approximate surface area is 198 Å². The second-order valence-corrected chi connectivity index (χ2v) is 15.4. The molecule has 0 N–H and O–H groups in total. The van der Waals surface area contributed by atoms with Crippen LogP contribution < -0.4 is 4.74 Å². The van der Waals surface area contributed by atoms with Crippen LogP contribution in [0, 0.1) is 0 Å². The van der Waals surface area contributed by atoms with E-state index in [0.29, 0.717) is 0 Å². The molecule has 0 unspecified atom stereocenters. The zero-order valence-electron chi connectivity index (χ0n) is 21.2. The van der Waals surface area contributed by atoms with Gasteiger partial charge in [0.2, 0.25) is 0 Å². The molecule has 4 heteroatoms. The summed E-state index contributed by atoms with van der Waals surface area (Å²) in [5, 5.41) is 0. The molecule has 0 aliphatic carbocycles. The number of rotatable bonds is 17. The summed E-state index contributed by atoms with van der Waals surface area (Å²) in [5.74, 6) is 1.73. The topological polar surface area (TPSA) is 35.0 Å². The van der Waals surface area contributed by atoms with Gasteiger partial charge in [-0.1, -0.05) is 90.4 Å². The van der Waals surface area contributed by atoms with Crippen molar-refractivity contribution < 1.29 is 4.74 Å². The van der Waals surface area contributed by atoms with Gasteiger partial charge in [-0.25, -0.2) is 9.97 Å². The van der Waals surface area contributed by atoms with E-state index >= 15 is 0 Å². The first-order chi connectivity index (χ1) is 15.5. The summed E-state index contributed by atoms with van der Waals surface area (Å²) < 4.78 is 5.97. The average Bonchev–Trinajstić information content (AvgIpc) is 2.80. The monoisotopic (exact) mass is 454 g/mol. The Morgan fingerprint density at radius 2 is 1.34 bits per heavy atom. The van der Waals surface area contributed by atoms with Crippen LogP contribution >= 0.6 is 0 Å². The highest BCUT2D eigenvalue weighted by molar-refractivity contribution is 6.77. The van der Waals surface area contributed by atoms with Crippen molar-refractivity contribution in [2.45, 2.75) is 110 Å². The minimum Gasteiger partial charge on any atom is -0.494 e. The smallest absolute Gasteiger partial charge is 0.159 e. The molecule has 0 aliphatic heterocycles. The maximum atomic E-state index is 5.97. The number of unbranched alkanes of at least 4 members (excludes halogenated alkanes) is 7. The lowest BCUT2D eigenvalue weighted by Crippen LogP contribution is -2.24. The van der Waals surface area contributed by atoms with Crippen LogP contribution in [0.3, 0.4) is 0 Å². The zero-order valence-corrected chi connectivity index (χ0v) is 22.2. The van der Waals surface area contributed by atoms with E-state index in [9.17, 15) is 0 Å². The Bertz CT molecular complexity index is 728. The minimum atomic E-state index is -0.987. The summed E-state index contributed by atoms with van der Waals surface area (Å²) in [6, 6.07) is 11.1. The lowest BCUT2D eigenvalue weighted by Gasteiger charge is -2.21. The quantitative estimate of drug-likeness (QED) is 0.177. The van der Waals surface area contributed by atoms with Crippen LogP contribution in [-0.4, -0.2) is 24.6 Å². The standard InChI is InChI=1S/C28H46N2OSi/c1-5-7-9-10-11-12-15-25-23-29-28(30-24-25)26-16-18-27(19-17-26)31-20-13-14-22-32(3,4)21-8-6-2/h16-19,23-24H,5-15,20-22H2,1-4H3. The lowest BCUT2D eigenvalue weighted by atomic mass is 10.1. The first-order valence-electron chi connectivity index (χ1n) is 13.1. The Morgan fingerprint density at radius 3 is 2.03 bits per heavy atom. The van der Waals surface area contributed by atoms with Crippen LogP contribution in [0.2, 0.25) is 25.2 Å². The fourth-order valence-corrected chi connectivity index (χ4v) is 6.89. The van der Waals surface area contributed by atoms with Gasteiger partial charge in [0.15, 0.2) is 5.82 Å². The first-order valence-corrected chi connectivity index (χ1v) is 16.5. The molecular weight excluding hydrogens is 408 g/mol. The summed E-state index contributed by atoms with van der Waals surface area (Å²) in [5.41, 5.74) is 2.29. The third-order valence-electron chi connectivity index (χ3n) is 6.36. The molecule has 1 aromatic carbocycles. The van der Waals surface area contributed by atoms with E-state index in [1.807, 2.05) is 24.5 Å². The normalized spacial score (nSPS) is 11.6. The zero-order chi connectivity index (χ0) is 23.1. The maximum absolute atomic E-state index is 5.97. The SMILES string of the molecule is CCCCCCCCc1cnc(-c2ccc(OCCCC[Si](C)(C)CCCC)cc2)nc1. The van der Waals surface area contributed by atoms with Gasteiger partial charge >= 0.3 is 0 Å². The van der Waals surface area contributed by atoms with Gasteiger partial charge in [0.25, 0.3) is 0 Å². The molecule has 0 atom stereocenters. The molecule has 1 aromatic heterocycles. The molecule has 0 bridgehead atoms. The highest BCUT2D eigenvalue weighted by Gasteiger charge is 2.18. The first kappa shape index (κ1) is 26.6. The molecule has 178 valence electrons. The molecule has 0 saturated heterocycles. The highest BCUT2D eigenvalue weighted by atomic mass is 28.3. The van der Waals surface area contributed by atoms with Gasteiger partial charge in [0, 0.05) is 26.0 Å². The molecule has 0 spiro atoms. The van der Waals surface area contributed by atoms with Crippen LogP contribution in [0.1, 0.15) is 83.6 Å². The van der Waals surface area contributed by atoms with Gasteiger partial charge in [-0.2, -0.15) is 0 Å². The van der Waals surface area contributed by atoms with Crippen LogP contribution in [0.15, 0.2) is 36.7 Å². The fourth-order valence-electron chi connectivity index (χ4n) is 4.12. The molecule has 0 fully saturated rings.